The molecule has 0 spiro atoms. The monoisotopic (exact) mass is 221 g/mol. The Labute approximate surface area is 92.5 Å². The van der Waals surface area contributed by atoms with Gasteiger partial charge in [-0.15, -0.1) is 0 Å². The molecular weight excluding hydrogens is 209 g/mol. The number of halogens is 1. The highest BCUT2D eigenvalue weighted by Crippen LogP contribution is 2.14. The summed E-state index contributed by atoms with van der Waals surface area (Å²) in [7, 11) is 1.80. The summed E-state index contributed by atoms with van der Waals surface area (Å²) >= 11 is 0. The number of nitrogens with zero attached hydrogens (tertiary/aromatic N) is 2. The molecule has 16 heavy (non-hydrogen) atoms. The van der Waals surface area contributed by atoms with Gasteiger partial charge < -0.3 is 15.0 Å². The Morgan fingerprint density at radius 2 is 2.31 bits per heavy atom. The van der Waals surface area contributed by atoms with Gasteiger partial charge in [-0.2, -0.15) is 0 Å². The van der Waals surface area contributed by atoms with Crippen molar-refractivity contribution in [2.45, 2.75) is 6.61 Å². The summed E-state index contributed by atoms with van der Waals surface area (Å²) in [6, 6.07) is 6.00. The number of rotatable bonds is 3. The number of ether oxygens (including phenoxy) is 1. The maximum atomic E-state index is 12.9. The second-order valence-corrected chi connectivity index (χ2v) is 3.41. The van der Waals surface area contributed by atoms with Gasteiger partial charge in [0.25, 0.3) is 0 Å². The molecule has 1 heterocycles. The lowest BCUT2D eigenvalue weighted by Crippen LogP contribution is -2.04. The van der Waals surface area contributed by atoms with Gasteiger partial charge in [0.1, 0.15) is 18.2 Å². The van der Waals surface area contributed by atoms with Crippen LogP contribution in [0.1, 0.15) is 5.69 Å². The molecule has 0 unspecified atom stereocenters. The van der Waals surface area contributed by atoms with Crippen molar-refractivity contribution >= 4 is 5.95 Å². The Balaban J connectivity index is 2.05. The first-order chi connectivity index (χ1) is 7.66. The van der Waals surface area contributed by atoms with Gasteiger partial charge in [0.05, 0.1) is 11.9 Å². The number of anilines is 1. The molecule has 1 aromatic carbocycles. The van der Waals surface area contributed by atoms with Gasteiger partial charge in [0.2, 0.25) is 0 Å². The van der Waals surface area contributed by atoms with Gasteiger partial charge in [0, 0.05) is 13.1 Å². The van der Waals surface area contributed by atoms with Gasteiger partial charge in [-0.25, -0.2) is 9.37 Å². The van der Waals surface area contributed by atoms with Crippen molar-refractivity contribution in [3.8, 4) is 5.75 Å². The van der Waals surface area contributed by atoms with Crippen molar-refractivity contribution in [2.75, 3.05) is 5.73 Å². The molecule has 84 valence electrons. The molecule has 0 radical (unpaired) electrons. The van der Waals surface area contributed by atoms with Crippen LogP contribution < -0.4 is 10.5 Å². The Bertz CT molecular complexity index is 496. The Morgan fingerprint density at radius 3 is 2.94 bits per heavy atom. The number of nitrogen functional groups attached to an aromatic ring is 1. The summed E-state index contributed by atoms with van der Waals surface area (Å²) in [5, 5.41) is 0. The highest BCUT2D eigenvalue weighted by atomic mass is 19.1. The second kappa shape index (κ2) is 4.22. The van der Waals surface area contributed by atoms with Crippen LogP contribution in [-0.4, -0.2) is 9.55 Å². The molecule has 2 N–H and O–H groups in total. The molecule has 2 aromatic rings. The van der Waals surface area contributed by atoms with Crippen LogP contribution >= 0.6 is 0 Å². The second-order valence-electron chi connectivity index (χ2n) is 3.41. The van der Waals surface area contributed by atoms with E-state index in [1.807, 2.05) is 0 Å². The zero-order chi connectivity index (χ0) is 11.5. The molecule has 5 heteroatoms. The zero-order valence-corrected chi connectivity index (χ0v) is 8.85. The first-order valence-electron chi connectivity index (χ1n) is 4.81. The molecule has 0 amide bonds. The van der Waals surface area contributed by atoms with Crippen molar-refractivity contribution in [2.24, 2.45) is 7.05 Å². The van der Waals surface area contributed by atoms with E-state index in [-0.39, 0.29) is 5.82 Å². The maximum Gasteiger partial charge on any atom is 0.200 e. The number of benzene rings is 1. The number of aromatic nitrogens is 2. The minimum Gasteiger partial charge on any atom is -0.487 e. The molecular formula is C11H12FN3O. The van der Waals surface area contributed by atoms with Crippen molar-refractivity contribution in [1.29, 1.82) is 0 Å². The van der Waals surface area contributed by atoms with E-state index in [1.54, 1.807) is 29.9 Å². The first kappa shape index (κ1) is 10.5. The van der Waals surface area contributed by atoms with Crippen molar-refractivity contribution < 1.29 is 9.13 Å². The summed E-state index contributed by atoms with van der Waals surface area (Å²) < 4.78 is 20.0. The van der Waals surface area contributed by atoms with E-state index in [9.17, 15) is 4.39 Å². The Hall–Kier alpha value is -2.04. The molecule has 0 fully saturated rings. The molecule has 0 aliphatic rings. The van der Waals surface area contributed by atoms with Crippen LogP contribution in [0.15, 0.2) is 30.5 Å². The standard InChI is InChI=1S/C11H12FN3O/c1-15-9(6-14-11(15)13)7-16-10-4-2-3-8(12)5-10/h2-6H,7H2,1H3,(H2,13,14). The average molecular weight is 221 g/mol. The number of hydrogen-bond donors (Lipinski definition) is 1. The largest absolute Gasteiger partial charge is 0.487 e. The number of imidazole rings is 1. The van der Waals surface area contributed by atoms with Crippen molar-refractivity contribution in [3.63, 3.8) is 0 Å². The predicted molar refractivity (Wildman–Crippen MR) is 58.4 cm³/mol. The van der Waals surface area contributed by atoms with E-state index in [0.29, 0.717) is 18.3 Å². The Kier molecular flexibility index (Phi) is 2.76. The average Bonchev–Trinajstić information content (AvgIpc) is 2.57. The minimum atomic E-state index is -0.318. The molecule has 4 nitrogen and oxygen atoms in total. The van der Waals surface area contributed by atoms with E-state index in [1.165, 1.54) is 12.1 Å². The van der Waals surface area contributed by atoms with Gasteiger partial charge in [-0.3, -0.25) is 0 Å². The van der Waals surface area contributed by atoms with E-state index >= 15 is 0 Å². The van der Waals surface area contributed by atoms with Crippen LogP contribution in [0.5, 0.6) is 5.75 Å². The highest BCUT2D eigenvalue weighted by Gasteiger charge is 2.04. The molecule has 0 aliphatic heterocycles. The summed E-state index contributed by atoms with van der Waals surface area (Å²) in [5.74, 6) is 0.597. The van der Waals surface area contributed by atoms with E-state index in [4.69, 9.17) is 10.5 Å². The number of nitrogens with two attached hydrogens (primary N) is 1. The SMILES string of the molecule is Cn1c(COc2cccc(F)c2)cnc1N. The van der Waals surface area contributed by atoms with E-state index in [0.717, 1.165) is 5.69 Å². The fourth-order valence-electron chi connectivity index (χ4n) is 1.31. The summed E-state index contributed by atoms with van der Waals surface area (Å²) in [5.41, 5.74) is 6.40. The smallest absolute Gasteiger partial charge is 0.200 e. The number of hydrogen-bond acceptors (Lipinski definition) is 3. The topological polar surface area (TPSA) is 53.1 Å². The van der Waals surface area contributed by atoms with Gasteiger partial charge in [-0.05, 0) is 12.1 Å². The predicted octanol–water partition coefficient (Wildman–Crippen LogP) is 1.72. The molecule has 1 aromatic heterocycles. The summed E-state index contributed by atoms with van der Waals surface area (Å²) in [6.07, 6.45) is 1.63. The van der Waals surface area contributed by atoms with Crippen LogP contribution in [-0.2, 0) is 13.7 Å². The van der Waals surface area contributed by atoms with Crippen molar-refractivity contribution in [3.05, 3.63) is 42.0 Å². The molecule has 0 saturated carbocycles. The van der Waals surface area contributed by atoms with Crippen LogP contribution in [0, 0.1) is 5.82 Å². The normalized spacial score (nSPS) is 10.4. The zero-order valence-electron chi connectivity index (χ0n) is 8.85. The first-order valence-corrected chi connectivity index (χ1v) is 4.81. The van der Waals surface area contributed by atoms with Gasteiger partial charge in [-0.1, -0.05) is 6.07 Å². The fourth-order valence-corrected chi connectivity index (χ4v) is 1.31. The van der Waals surface area contributed by atoms with Crippen LogP contribution in [0.25, 0.3) is 0 Å². The third-order valence-corrected chi connectivity index (χ3v) is 2.30. The quantitative estimate of drug-likeness (QED) is 0.858. The third-order valence-electron chi connectivity index (χ3n) is 2.30. The van der Waals surface area contributed by atoms with E-state index < -0.39 is 0 Å². The Morgan fingerprint density at radius 1 is 1.50 bits per heavy atom. The highest BCUT2D eigenvalue weighted by molar-refractivity contribution is 5.24. The van der Waals surface area contributed by atoms with Gasteiger partial charge in [0.15, 0.2) is 5.95 Å². The lowest BCUT2D eigenvalue weighted by atomic mass is 10.3. The molecule has 2 rings (SSSR count). The maximum absolute atomic E-state index is 12.9. The lowest BCUT2D eigenvalue weighted by molar-refractivity contribution is 0.296. The third kappa shape index (κ3) is 2.13. The van der Waals surface area contributed by atoms with Gasteiger partial charge >= 0.3 is 0 Å². The van der Waals surface area contributed by atoms with Crippen LogP contribution in [0.3, 0.4) is 0 Å². The molecule has 0 saturated heterocycles. The van der Waals surface area contributed by atoms with E-state index in [2.05, 4.69) is 4.98 Å². The molecule has 0 bridgehead atoms. The molecule has 0 atom stereocenters. The summed E-state index contributed by atoms with van der Waals surface area (Å²) in [6.45, 7) is 0.310. The van der Waals surface area contributed by atoms with Crippen molar-refractivity contribution in [1.82, 2.24) is 9.55 Å². The minimum absolute atomic E-state index is 0.310. The van der Waals surface area contributed by atoms with Crippen LogP contribution in [0.2, 0.25) is 0 Å². The fraction of sp³-hybridized carbons (Fsp3) is 0.182. The molecule has 0 aliphatic carbocycles. The lowest BCUT2D eigenvalue weighted by Gasteiger charge is -2.06. The van der Waals surface area contributed by atoms with Crippen LogP contribution in [0.4, 0.5) is 10.3 Å². The summed E-state index contributed by atoms with van der Waals surface area (Å²) in [4.78, 5) is 3.93.